The van der Waals surface area contributed by atoms with Crippen molar-refractivity contribution in [3.8, 4) is 17.2 Å². The molecule has 0 bridgehead atoms. The highest BCUT2D eigenvalue weighted by molar-refractivity contribution is 5.78. The standard InChI is InChI=1S/C20H23NO4/c1-21(2)9-4-10-24-16-6-3-5-14(11-16)18-13-20(23)25-19-12-15(22)7-8-17(18)19/h3,5-8,11-12,18,22H,4,9-10,13H2,1-2H3. The Morgan fingerprint density at radius 2 is 2.08 bits per heavy atom. The number of carbonyl (C=O) groups excluding carboxylic acids is 1. The number of hydrogen-bond donors (Lipinski definition) is 1. The SMILES string of the molecule is CN(C)CCCOc1cccc(C2CC(=O)Oc3cc(O)ccc32)c1. The van der Waals surface area contributed by atoms with Gasteiger partial charge < -0.3 is 19.5 Å². The zero-order valence-electron chi connectivity index (χ0n) is 14.6. The molecule has 25 heavy (non-hydrogen) atoms. The summed E-state index contributed by atoms with van der Waals surface area (Å²) in [6.07, 6.45) is 1.23. The summed E-state index contributed by atoms with van der Waals surface area (Å²) in [6.45, 7) is 1.63. The number of aromatic hydroxyl groups is 1. The number of ether oxygens (including phenoxy) is 2. The quantitative estimate of drug-likeness (QED) is 0.497. The van der Waals surface area contributed by atoms with Gasteiger partial charge in [-0.25, -0.2) is 0 Å². The summed E-state index contributed by atoms with van der Waals surface area (Å²) in [4.78, 5) is 14.1. The third kappa shape index (κ3) is 4.31. The molecule has 0 aromatic heterocycles. The summed E-state index contributed by atoms with van der Waals surface area (Å²) in [6, 6.07) is 12.8. The lowest BCUT2D eigenvalue weighted by Gasteiger charge is -2.25. The maximum absolute atomic E-state index is 11.9. The van der Waals surface area contributed by atoms with Gasteiger partial charge in [-0.2, -0.15) is 0 Å². The molecule has 2 aromatic rings. The number of phenols is 1. The molecule has 1 atom stereocenters. The summed E-state index contributed by atoms with van der Waals surface area (Å²) < 4.78 is 11.1. The predicted molar refractivity (Wildman–Crippen MR) is 95.3 cm³/mol. The van der Waals surface area contributed by atoms with Crippen molar-refractivity contribution in [3.05, 3.63) is 53.6 Å². The zero-order chi connectivity index (χ0) is 17.8. The second-order valence-electron chi connectivity index (χ2n) is 6.53. The van der Waals surface area contributed by atoms with Crippen LogP contribution in [0.4, 0.5) is 0 Å². The Morgan fingerprint density at radius 3 is 2.88 bits per heavy atom. The van der Waals surface area contributed by atoms with Crippen molar-refractivity contribution >= 4 is 5.97 Å². The molecule has 132 valence electrons. The number of phenolic OH excluding ortho intramolecular Hbond substituents is 1. The number of esters is 1. The Labute approximate surface area is 147 Å². The van der Waals surface area contributed by atoms with Gasteiger partial charge in [0.25, 0.3) is 0 Å². The molecular formula is C20H23NO4. The van der Waals surface area contributed by atoms with E-state index in [0.717, 1.165) is 29.8 Å². The van der Waals surface area contributed by atoms with Crippen molar-refractivity contribution in [1.29, 1.82) is 0 Å². The second kappa shape index (κ2) is 7.57. The maximum Gasteiger partial charge on any atom is 0.312 e. The van der Waals surface area contributed by atoms with E-state index in [1.807, 2.05) is 44.4 Å². The van der Waals surface area contributed by atoms with Crippen LogP contribution in [0.25, 0.3) is 0 Å². The highest BCUT2D eigenvalue weighted by Gasteiger charge is 2.28. The number of nitrogens with zero attached hydrogens (tertiary/aromatic N) is 1. The van der Waals surface area contributed by atoms with Crippen LogP contribution < -0.4 is 9.47 Å². The number of fused-ring (bicyclic) bond motifs is 1. The Kier molecular flexibility index (Phi) is 5.24. The van der Waals surface area contributed by atoms with Crippen molar-refractivity contribution in [1.82, 2.24) is 4.90 Å². The van der Waals surface area contributed by atoms with Crippen molar-refractivity contribution in [2.45, 2.75) is 18.8 Å². The van der Waals surface area contributed by atoms with E-state index in [2.05, 4.69) is 4.90 Å². The maximum atomic E-state index is 11.9. The van der Waals surface area contributed by atoms with Crippen LogP contribution >= 0.6 is 0 Å². The van der Waals surface area contributed by atoms with Gasteiger partial charge in [0.05, 0.1) is 13.0 Å². The molecule has 5 nitrogen and oxygen atoms in total. The molecule has 0 saturated heterocycles. The van der Waals surface area contributed by atoms with Gasteiger partial charge in [0.1, 0.15) is 17.2 Å². The smallest absolute Gasteiger partial charge is 0.312 e. The van der Waals surface area contributed by atoms with E-state index in [0.29, 0.717) is 12.4 Å². The second-order valence-corrected chi connectivity index (χ2v) is 6.53. The van der Waals surface area contributed by atoms with Gasteiger partial charge in [-0.1, -0.05) is 18.2 Å². The van der Waals surface area contributed by atoms with Gasteiger partial charge in [-0.3, -0.25) is 4.79 Å². The van der Waals surface area contributed by atoms with Crippen LogP contribution in [0.5, 0.6) is 17.2 Å². The van der Waals surface area contributed by atoms with Crippen LogP contribution in [0.2, 0.25) is 0 Å². The predicted octanol–water partition coefficient (Wildman–Crippen LogP) is 3.16. The number of benzene rings is 2. The first-order chi connectivity index (χ1) is 12.0. The molecule has 1 unspecified atom stereocenters. The van der Waals surface area contributed by atoms with E-state index in [-0.39, 0.29) is 24.1 Å². The lowest BCUT2D eigenvalue weighted by atomic mass is 9.86. The molecule has 3 rings (SSSR count). The molecule has 1 aliphatic rings. The first kappa shape index (κ1) is 17.3. The highest BCUT2D eigenvalue weighted by Crippen LogP contribution is 2.40. The first-order valence-corrected chi connectivity index (χ1v) is 8.44. The summed E-state index contributed by atoms with van der Waals surface area (Å²) in [7, 11) is 4.08. The first-order valence-electron chi connectivity index (χ1n) is 8.44. The molecule has 0 saturated carbocycles. The summed E-state index contributed by atoms with van der Waals surface area (Å²) in [5, 5.41) is 9.62. The van der Waals surface area contributed by atoms with E-state index in [1.165, 1.54) is 6.07 Å². The minimum absolute atomic E-state index is 0.0881. The molecule has 0 radical (unpaired) electrons. The van der Waals surface area contributed by atoms with Gasteiger partial charge in [-0.05, 0) is 44.3 Å². The Hall–Kier alpha value is -2.53. The van der Waals surface area contributed by atoms with Crippen LogP contribution in [0.1, 0.15) is 29.9 Å². The van der Waals surface area contributed by atoms with Gasteiger partial charge in [0.15, 0.2) is 0 Å². The van der Waals surface area contributed by atoms with E-state index in [1.54, 1.807) is 6.07 Å². The molecule has 0 aliphatic carbocycles. The van der Waals surface area contributed by atoms with Crippen molar-refractivity contribution in [2.24, 2.45) is 0 Å². The Bertz CT molecular complexity index is 757. The van der Waals surface area contributed by atoms with Gasteiger partial charge in [0.2, 0.25) is 0 Å². The van der Waals surface area contributed by atoms with Crippen LogP contribution in [0, 0.1) is 0 Å². The van der Waals surface area contributed by atoms with Crippen molar-refractivity contribution < 1.29 is 19.4 Å². The normalized spacial score (nSPS) is 16.4. The molecule has 1 aliphatic heterocycles. The van der Waals surface area contributed by atoms with Crippen LogP contribution in [-0.4, -0.2) is 43.2 Å². The molecule has 1 N–H and O–H groups in total. The van der Waals surface area contributed by atoms with E-state index >= 15 is 0 Å². The number of rotatable bonds is 6. The third-order valence-corrected chi connectivity index (χ3v) is 4.25. The largest absolute Gasteiger partial charge is 0.508 e. The van der Waals surface area contributed by atoms with Crippen molar-refractivity contribution in [2.75, 3.05) is 27.2 Å². The Balaban J connectivity index is 1.78. The lowest BCUT2D eigenvalue weighted by Crippen LogP contribution is -2.21. The topological polar surface area (TPSA) is 59.0 Å². The average Bonchev–Trinajstić information content (AvgIpc) is 2.57. The fraction of sp³-hybridized carbons (Fsp3) is 0.350. The molecule has 0 spiro atoms. The minimum Gasteiger partial charge on any atom is -0.508 e. The monoisotopic (exact) mass is 341 g/mol. The fourth-order valence-corrected chi connectivity index (χ4v) is 3.03. The summed E-state index contributed by atoms with van der Waals surface area (Å²) in [5.74, 6) is 0.932. The fourth-order valence-electron chi connectivity index (χ4n) is 3.03. The number of hydrogen-bond acceptors (Lipinski definition) is 5. The van der Waals surface area contributed by atoms with Crippen LogP contribution in [0.3, 0.4) is 0 Å². The lowest BCUT2D eigenvalue weighted by molar-refractivity contribution is -0.135. The highest BCUT2D eigenvalue weighted by atomic mass is 16.5. The van der Waals surface area contributed by atoms with Crippen molar-refractivity contribution in [3.63, 3.8) is 0 Å². The molecule has 1 heterocycles. The molecule has 0 amide bonds. The molecule has 2 aromatic carbocycles. The average molecular weight is 341 g/mol. The summed E-state index contributed by atoms with van der Waals surface area (Å²) >= 11 is 0. The Morgan fingerprint density at radius 1 is 1.24 bits per heavy atom. The van der Waals surface area contributed by atoms with E-state index < -0.39 is 0 Å². The molecule has 0 fully saturated rings. The number of carbonyl (C=O) groups is 1. The van der Waals surface area contributed by atoms with Gasteiger partial charge in [-0.15, -0.1) is 0 Å². The zero-order valence-corrected chi connectivity index (χ0v) is 14.6. The van der Waals surface area contributed by atoms with E-state index in [9.17, 15) is 9.90 Å². The molecule has 5 heteroatoms. The third-order valence-electron chi connectivity index (χ3n) is 4.25. The van der Waals surface area contributed by atoms with Gasteiger partial charge in [0, 0.05) is 24.1 Å². The minimum atomic E-state index is -0.291. The molecular weight excluding hydrogens is 318 g/mol. The van der Waals surface area contributed by atoms with E-state index in [4.69, 9.17) is 9.47 Å². The van der Waals surface area contributed by atoms with Gasteiger partial charge >= 0.3 is 5.97 Å². The van der Waals surface area contributed by atoms with Crippen LogP contribution in [-0.2, 0) is 4.79 Å². The summed E-state index contributed by atoms with van der Waals surface area (Å²) in [5.41, 5.74) is 1.91. The van der Waals surface area contributed by atoms with Crippen LogP contribution in [0.15, 0.2) is 42.5 Å².